The molecule has 0 fully saturated rings. The van der Waals surface area contributed by atoms with Crippen molar-refractivity contribution >= 4 is 11.2 Å². The molecule has 2 aromatic carbocycles. The molecule has 0 atom stereocenters. The van der Waals surface area contributed by atoms with E-state index < -0.39 is 56.5 Å². The summed E-state index contributed by atoms with van der Waals surface area (Å²) < 4.78 is 169. The zero-order valence-electron chi connectivity index (χ0n) is 15.1. The van der Waals surface area contributed by atoms with E-state index in [2.05, 4.69) is 0 Å². The Morgan fingerprint density at radius 2 is 0.656 bits per heavy atom. The van der Waals surface area contributed by atoms with Crippen LogP contribution < -0.4 is 0 Å². The second kappa shape index (κ2) is 8.04. The fraction of sp³-hybridized carbons (Fsp3) is 0.333. The average molecular weight is 502 g/mol. The van der Waals surface area contributed by atoms with Crippen LogP contribution in [-0.4, -0.2) is 29.3 Å². The molecule has 178 valence electrons. The zero-order valence-corrected chi connectivity index (χ0v) is 15.9. The highest BCUT2D eigenvalue weighted by Crippen LogP contribution is 2.66. The Balaban J connectivity index is 3.16. The van der Waals surface area contributed by atoms with Gasteiger partial charge in [0.15, 0.2) is 0 Å². The van der Waals surface area contributed by atoms with Gasteiger partial charge in [-0.25, -0.2) is 0 Å². The largest absolute Gasteiger partial charge is 0.614 e. The van der Waals surface area contributed by atoms with Crippen LogP contribution in [0, 0.1) is 0 Å². The van der Waals surface area contributed by atoms with Crippen molar-refractivity contribution in [1.82, 2.24) is 0 Å². The third-order valence-corrected chi connectivity index (χ3v) is 7.02. The van der Waals surface area contributed by atoms with E-state index in [1.807, 2.05) is 0 Å². The van der Waals surface area contributed by atoms with Gasteiger partial charge in [0.25, 0.3) is 0 Å². The monoisotopic (exact) mass is 502 g/mol. The van der Waals surface area contributed by atoms with Gasteiger partial charge >= 0.3 is 34.2 Å². The van der Waals surface area contributed by atoms with Crippen molar-refractivity contribution in [2.24, 2.45) is 0 Å². The number of hydrogen-bond donors (Lipinski definition) is 0. The predicted octanol–water partition coefficient (Wildman–Crippen LogP) is 6.78. The molecule has 14 heteroatoms. The van der Waals surface area contributed by atoms with Gasteiger partial charge in [-0.15, -0.1) is 0 Å². The molecule has 0 heterocycles. The standard InChI is InChI=1S/C18H10F12OS/c19-15(20,21)13(16(22,23)24,11-7-3-1-4-8-11)32(31)14(17(25,26)27,18(28,29)30)12-9-5-2-6-10-12/h1-10H. The fourth-order valence-corrected chi connectivity index (χ4v) is 5.19. The molecule has 0 amide bonds. The van der Waals surface area contributed by atoms with Gasteiger partial charge in [0, 0.05) is 22.3 Å². The van der Waals surface area contributed by atoms with Gasteiger partial charge in [0.1, 0.15) is 0 Å². The van der Waals surface area contributed by atoms with Crippen molar-refractivity contribution in [3.05, 3.63) is 71.8 Å². The second-order valence-electron chi connectivity index (χ2n) is 6.35. The topological polar surface area (TPSA) is 23.1 Å². The van der Waals surface area contributed by atoms with Crippen molar-refractivity contribution in [3.8, 4) is 0 Å². The highest BCUT2D eigenvalue weighted by Gasteiger charge is 2.91. The van der Waals surface area contributed by atoms with Gasteiger partial charge < -0.3 is 4.55 Å². The first kappa shape index (κ1) is 26.2. The molecule has 32 heavy (non-hydrogen) atoms. The van der Waals surface area contributed by atoms with Crippen LogP contribution >= 0.6 is 0 Å². The van der Waals surface area contributed by atoms with Crippen LogP contribution in [-0.2, 0) is 20.7 Å². The molecule has 0 N–H and O–H groups in total. The quantitative estimate of drug-likeness (QED) is 0.334. The Morgan fingerprint density at radius 3 is 0.844 bits per heavy atom. The summed E-state index contributed by atoms with van der Waals surface area (Å²) in [6.07, 6.45) is -27.5. The van der Waals surface area contributed by atoms with Gasteiger partial charge in [-0.1, -0.05) is 60.7 Å². The van der Waals surface area contributed by atoms with Crippen LogP contribution in [0.3, 0.4) is 0 Å². The van der Waals surface area contributed by atoms with Gasteiger partial charge in [0.05, 0.1) is 0 Å². The highest BCUT2D eigenvalue weighted by atomic mass is 32.2. The van der Waals surface area contributed by atoms with E-state index >= 15 is 0 Å². The van der Waals surface area contributed by atoms with Gasteiger partial charge in [-0.2, -0.15) is 52.7 Å². The highest BCUT2D eigenvalue weighted by molar-refractivity contribution is 7.93. The van der Waals surface area contributed by atoms with E-state index in [1.54, 1.807) is 0 Å². The van der Waals surface area contributed by atoms with Crippen molar-refractivity contribution in [3.63, 3.8) is 0 Å². The first-order valence-electron chi connectivity index (χ1n) is 8.16. The van der Waals surface area contributed by atoms with Crippen LogP contribution in [0.2, 0.25) is 0 Å². The summed E-state index contributed by atoms with van der Waals surface area (Å²) in [6.45, 7) is 0. The Hall–Kier alpha value is -2.09. The lowest BCUT2D eigenvalue weighted by Crippen LogP contribution is -2.70. The Labute approximate surface area is 175 Å². The third kappa shape index (κ3) is 3.70. The summed E-state index contributed by atoms with van der Waals surface area (Å²) in [6, 6.07) is 3.94. The van der Waals surface area contributed by atoms with Crippen LogP contribution in [0.4, 0.5) is 52.7 Å². The van der Waals surface area contributed by atoms with Gasteiger partial charge in [-0.05, 0) is 0 Å². The van der Waals surface area contributed by atoms with Crippen LogP contribution in [0.25, 0.3) is 0 Å². The molecule has 1 nitrogen and oxygen atoms in total. The molecule has 2 rings (SSSR count). The number of alkyl halides is 12. The fourth-order valence-electron chi connectivity index (χ4n) is 3.19. The molecule has 0 aromatic heterocycles. The maximum atomic E-state index is 14.0. The third-order valence-electron chi connectivity index (χ3n) is 4.51. The Kier molecular flexibility index (Phi) is 6.58. The number of hydrogen-bond acceptors (Lipinski definition) is 1. The number of rotatable bonds is 4. The molecule has 0 radical (unpaired) electrons. The number of halogens is 12. The summed E-state index contributed by atoms with van der Waals surface area (Å²) in [7, 11) is 0. The minimum atomic E-state index is -6.88. The van der Waals surface area contributed by atoms with Crippen LogP contribution in [0.1, 0.15) is 11.1 Å². The van der Waals surface area contributed by atoms with Gasteiger partial charge in [-0.3, -0.25) is 0 Å². The van der Waals surface area contributed by atoms with Crippen molar-refractivity contribution in [2.75, 3.05) is 0 Å². The summed E-state index contributed by atoms with van der Waals surface area (Å²) in [5.74, 6) is 0. The van der Waals surface area contributed by atoms with E-state index in [0.717, 1.165) is 12.1 Å². The summed E-state index contributed by atoms with van der Waals surface area (Å²) in [5, 5.41) is 0. The zero-order chi connectivity index (χ0) is 24.8. The second-order valence-corrected chi connectivity index (χ2v) is 8.12. The van der Waals surface area contributed by atoms with E-state index in [0.29, 0.717) is 24.3 Å². The maximum Gasteiger partial charge on any atom is 0.453 e. The molecule has 2 aromatic rings. The van der Waals surface area contributed by atoms with Crippen molar-refractivity contribution < 1.29 is 57.2 Å². The molecule has 0 bridgehead atoms. The SMILES string of the molecule is [O-][S+](C(c1ccccc1)(C(F)(F)F)C(F)(F)F)C(c1ccccc1)(C(F)(F)F)C(F)(F)F. The molecule has 0 aliphatic carbocycles. The summed E-state index contributed by atoms with van der Waals surface area (Å²) in [5.41, 5.74) is -4.18. The molecular weight excluding hydrogens is 492 g/mol. The smallest absolute Gasteiger partial charge is 0.453 e. The minimum absolute atomic E-state index is 0.0153. The summed E-state index contributed by atoms with van der Waals surface area (Å²) >= 11 is -5.79. The molecular formula is C18H10F12OS. The van der Waals surface area contributed by atoms with Crippen molar-refractivity contribution in [2.45, 2.75) is 34.2 Å². The minimum Gasteiger partial charge on any atom is -0.614 e. The van der Waals surface area contributed by atoms with Gasteiger partial charge in [0.2, 0.25) is 0 Å². The molecule has 0 aliphatic rings. The van der Waals surface area contributed by atoms with Crippen LogP contribution in [0.15, 0.2) is 60.7 Å². The summed E-state index contributed by atoms with van der Waals surface area (Å²) in [4.78, 5) is 0. The van der Waals surface area contributed by atoms with Crippen molar-refractivity contribution in [1.29, 1.82) is 0 Å². The lowest BCUT2D eigenvalue weighted by molar-refractivity contribution is -0.287. The predicted molar refractivity (Wildman–Crippen MR) is 88.6 cm³/mol. The molecule has 0 saturated heterocycles. The van der Waals surface area contributed by atoms with E-state index in [1.165, 1.54) is 0 Å². The molecule has 0 spiro atoms. The normalized spacial score (nSPS) is 14.7. The van der Waals surface area contributed by atoms with E-state index in [9.17, 15) is 57.2 Å². The first-order chi connectivity index (χ1) is 14.4. The Morgan fingerprint density at radius 1 is 0.438 bits per heavy atom. The molecule has 0 aliphatic heterocycles. The molecule has 0 saturated carbocycles. The van der Waals surface area contributed by atoms with E-state index in [4.69, 9.17) is 0 Å². The Bertz CT molecular complexity index is 797. The average Bonchev–Trinajstić information content (AvgIpc) is 2.59. The number of benzene rings is 2. The van der Waals surface area contributed by atoms with E-state index in [-0.39, 0.29) is 24.3 Å². The lowest BCUT2D eigenvalue weighted by atomic mass is 9.95. The van der Waals surface area contributed by atoms with Crippen LogP contribution in [0.5, 0.6) is 0 Å². The maximum absolute atomic E-state index is 14.0. The first-order valence-corrected chi connectivity index (χ1v) is 9.31. The lowest BCUT2D eigenvalue weighted by Gasteiger charge is -2.47. The molecule has 0 unspecified atom stereocenters.